The predicted molar refractivity (Wildman–Crippen MR) is 73.2 cm³/mol. The number of nitrogens with one attached hydrogen (secondary N) is 1. The lowest BCUT2D eigenvalue weighted by atomic mass is 9.85. The van der Waals surface area contributed by atoms with E-state index in [0.29, 0.717) is 12.8 Å². The maximum Gasteiger partial charge on any atom is 0.391 e. The lowest BCUT2D eigenvalue weighted by Crippen LogP contribution is -2.32. The van der Waals surface area contributed by atoms with Crippen LogP contribution in [0.1, 0.15) is 31.2 Å². The third-order valence-electron chi connectivity index (χ3n) is 3.98. The number of hydrogen-bond donors (Lipinski definition) is 1. The molecule has 0 heterocycles. The maximum absolute atomic E-state index is 12.6. The van der Waals surface area contributed by atoms with E-state index in [9.17, 15) is 13.2 Å². The summed E-state index contributed by atoms with van der Waals surface area (Å²) in [5.41, 5.74) is 2.02. The fraction of sp³-hybridized carbons (Fsp3) is 0.600. The molecular formula is C15H20F3NO. The van der Waals surface area contributed by atoms with E-state index in [1.807, 2.05) is 25.1 Å². The molecule has 0 amide bonds. The molecule has 1 aromatic rings. The van der Waals surface area contributed by atoms with Gasteiger partial charge in [-0.1, -0.05) is 0 Å². The minimum atomic E-state index is -4.04. The van der Waals surface area contributed by atoms with Gasteiger partial charge in [-0.2, -0.15) is 13.2 Å². The summed E-state index contributed by atoms with van der Waals surface area (Å²) in [5, 5.41) is 3.35. The van der Waals surface area contributed by atoms with Crippen molar-refractivity contribution in [2.75, 3.05) is 12.4 Å². The molecule has 1 aliphatic carbocycles. The summed E-state index contributed by atoms with van der Waals surface area (Å²) >= 11 is 0. The average molecular weight is 287 g/mol. The van der Waals surface area contributed by atoms with E-state index in [1.165, 1.54) is 0 Å². The van der Waals surface area contributed by atoms with Gasteiger partial charge >= 0.3 is 6.18 Å². The lowest BCUT2D eigenvalue weighted by Gasteiger charge is -2.31. The Kier molecular flexibility index (Phi) is 4.45. The summed E-state index contributed by atoms with van der Waals surface area (Å²) in [6.45, 7) is 1.96. The van der Waals surface area contributed by atoms with Crippen molar-refractivity contribution in [3.05, 3.63) is 23.8 Å². The average Bonchev–Trinajstić information content (AvgIpc) is 2.40. The summed E-state index contributed by atoms with van der Waals surface area (Å²) in [5.74, 6) is -0.341. The Morgan fingerprint density at radius 3 is 2.30 bits per heavy atom. The van der Waals surface area contributed by atoms with Crippen LogP contribution in [0.4, 0.5) is 18.9 Å². The number of hydrogen-bond acceptors (Lipinski definition) is 2. The minimum absolute atomic E-state index is 0.126. The molecule has 0 unspecified atom stereocenters. The Bertz CT molecular complexity index is 451. The highest BCUT2D eigenvalue weighted by atomic mass is 19.4. The molecule has 0 saturated heterocycles. The Hall–Kier alpha value is -1.39. The second-order valence-corrected chi connectivity index (χ2v) is 5.42. The zero-order valence-corrected chi connectivity index (χ0v) is 11.8. The van der Waals surface area contributed by atoms with Crippen molar-refractivity contribution < 1.29 is 17.9 Å². The first-order valence-electron chi connectivity index (χ1n) is 6.88. The number of benzene rings is 1. The molecule has 1 aliphatic rings. The molecule has 2 nitrogen and oxygen atoms in total. The SMILES string of the molecule is COc1ccc(NC2CCC(C(F)(F)F)CC2)c(C)c1. The molecule has 0 atom stereocenters. The largest absolute Gasteiger partial charge is 0.497 e. The van der Waals surface area contributed by atoms with E-state index in [0.717, 1.165) is 17.0 Å². The van der Waals surface area contributed by atoms with Crippen LogP contribution >= 0.6 is 0 Å². The number of aryl methyl sites for hydroxylation is 1. The second kappa shape index (κ2) is 5.94. The lowest BCUT2D eigenvalue weighted by molar-refractivity contribution is -0.182. The van der Waals surface area contributed by atoms with Crippen LogP contribution in [0.25, 0.3) is 0 Å². The predicted octanol–water partition coefficient (Wildman–Crippen LogP) is 4.54. The monoisotopic (exact) mass is 287 g/mol. The number of anilines is 1. The van der Waals surface area contributed by atoms with Gasteiger partial charge in [-0.15, -0.1) is 0 Å². The molecular weight excluding hydrogens is 267 g/mol. The number of rotatable bonds is 3. The van der Waals surface area contributed by atoms with E-state index >= 15 is 0 Å². The highest BCUT2D eigenvalue weighted by Crippen LogP contribution is 2.38. The topological polar surface area (TPSA) is 21.3 Å². The van der Waals surface area contributed by atoms with Crippen LogP contribution in [0.3, 0.4) is 0 Å². The van der Waals surface area contributed by atoms with Crippen LogP contribution in [0, 0.1) is 12.8 Å². The van der Waals surface area contributed by atoms with Crippen LogP contribution in [0.2, 0.25) is 0 Å². The van der Waals surface area contributed by atoms with Crippen molar-refractivity contribution in [3.63, 3.8) is 0 Å². The Balaban J connectivity index is 1.93. The van der Waals surface area contributed by atoms with Gasteiger partial charge in [-0.05, 0) is 56.4 Å². The molecule has 0 aliphatic heterocycles. The highest BCUT2D eigenvalue weighted by Gasteiger charge is 2.41. The first-order chi connectivity index (χ1) is 9.40. The van der Waals surface area contributed by atoms with Crippen LogP contribution in [-0.2, 0) is 0 Å². The third-order valence-corrected chi connectivity index (χ3v) is 3.98. The van der Waals surface area contributed by atoms with Gasteiger partial charge in [-0.25, -0.2) is 0 Å². The maximum atomic E-state index is 12.6. The number of halogens is 3. The van der Waals surface area contributed by atoms with Crippen LogP contribution in [-0.4, -0.2) is 19.3 Å². The number of methoxy groups -OCH3 is 1. The van der Waals surface area contributed by atoms with E-state index in [-0.39, 0.29) is 18.9 Å². The van der Waals surface area contributed by atoms with E-state index < -0.39 is 12.1 Å². The zero-order chi connectivity index (χ0) is 14.8. The highest BCUT2D eigenvalue weighted by molar-refractivity contribution is 5.54. The second-order valence-electron chi connectivity index (χ2n) is 5.42. The molecule has 2 rings (SSSR count). The molecule has 0 spiro atoms. The van der Waals surface area contributed by atoms with Crippen LogP contribution in [0.5, 0.6) is 5.75 Å². The Morgan fingerprint density at radius 2 is 1.80 bits per heavy atom. The summed E-state index contributed by atoms with van der Waals surface area (Å²) in [7, 11) is 1.61. The third kappa shape index (κ3) is 3.58. The molecule has 0 radical (unpaired) electrons. The molecule has 1 N–H and O–H groups in total. The molecule has 0 bridgehead atoms. The molecule has 1 fully saturated rings. The number of alkyl halides is 3. The first-order valence-corrected chi connectivity index (χ1v) is 6.88. The number of ether oxygens (including phenoxy) is 1. The van der Waals surface area contributed by atoms with Crippen molar-refractivity contribution in [1.29, 1.82) is 0 Å². The van der Waals surface area contributed by atoms with Gasteiger partial charge < -0.3 is 10.1 Å². The quantitative estimate of drug-likeness (QED) is 0.881. The zero-order valence-electron chi connectivity index (χ0n) is 11.8. The van der Waals surface area contributed by atoms with Gasteiger partial charge in [0.15, 0.2) is 0 Å². The van der Waals surface area contributed by atoms with Gasteiger partial charge in [0.1, 0.15) is 5.75 Å². The van der Waals surface area contributed by atoms with Gasteiger partial charge in [-0.3, -0.25) is 0 Å². The van der Waals surface area contributed by atoms with E-state index in [1.54, 1.807) is 7.11 Å². The van der Waals surface area contributed by atoms with Gasteiger partial charge in [0, 0.05) is 11.7 Å². The van der Waals surface area contributed by atoms with Gasteiger partial charge in [0.25, 0.3) is 0 Å². The van der Waals surface area contributed by atoms with Crippen LogP contribution in [0.15, 0.2) is 18.2 Å². The summed E-state index contributed by atoms with van der Waals surface area (Å²) < 4.78 is 43.0. The van der Waals surface area contributed by atoms with Crippen molar-refractivity contribution in [2.24, 2.45) is 5.92 Å². The summed E-state index contributed by atoms with van der Waals surface area (Å²) in [6.07, 6.45) is -2.47. The smallest absolute Gasteiger partial charge is 0.391 e. The molecule has 0 aromatic heterocycles. The van der Waals surface area contributed by atoms with Crippen molar-refractivity contribution in [3.8, 4) is 5.75 Å². The van der Waals surface area contributed by atoms with Crippen molar-refractivity contribution >= 4 is 5.69 Å². The molecule has 20 heavy (non-hydrogen) atoms. The van der Waals surface area contributed by atoms with Crippen molar-refractivity contribution in [1.82, 2.24) is 0 Å². The Labute approximate surface area is 117 Å². The molecule has 1 saturated carbocycles. The molecule has 1 aromatic carbocycles. The molecule has 5 heteroatoms. The van der Waals surface area contributed by atoms with E-state index in [2.05, 4.69) is 5.32 Å². The first kappa shape index (κ1) is 15.0. The Morgan fingerprint density at radius 1 is 1.15 bits per heavy atom. The van der Waals surface area contributed by atoms with E-state index in [4.69, 9.17) is 4.74 Å². The summed E-state index contributed by atoms with van der Waals surface area (Å²) in [4.78, 5) is 0. The minimum Gasteiger partial charge on any atom is -0.497 e. The van der Waals surface area contributed by atoms with Crippen LogP contribution < -0.4 is 10.1 Å². The van der Waals surface area contributed by atoms with Gasteiger partial charge in [0.05, 0.1) is 13.0 Å². The normalized spacial score (nSPS) is 23.4. The fourth-order valence-electron chi connectivity index (χ4n) is 2.71. The summed E-state index contributed by atoms with van der Waals surface area (Å²) in [6, 6.07) is 5.82. The van der Waals surface area contributed by atoms with Gasteiger partial charge in [0.2, 0.25) is 0 Å². The fourth-order valence-corrected chi connectivity index (χ4v) is 2.71. The van der Waals surface area contributed by atoms with Crippen molar-refractivity contribution in [2.45, 2.75) is 44.8 Å². The standard InChI is InChI=1S/C15H20F3NO/c1-10-9-13(20-2)7-8-14(10)19-12-5-3-11(4-6-12)15(16,17)18/h7-9,11-12,19H,3-6H2,1-2H3. The molecule has 112 valence electrons.